The second-order valence-corrected chi connectivity index (χ2v) is 4.43. The summed E-state index contributed by atoms with van der Waals surface area (Å²) >= 11 is 0. The van der Waals surface area contributed by atoms with Gasteiger partial charge in [0.05, 0.1) is 6.10 Å². The van der Waals surface area contributed by atoms with E-state index in [2.05, 4.69) is 5.32 Å². The SMILES string of the molecule is CCC(C)(OC)C(=O)NCC(O)c1ccccc1. The van der Waals surface area contributed by atoms with Gasteiger partial charge < -0.3 is 15.2 Å². The molecule has 0 heterocycles. The monoisotopic (exact) mass is 251 g/mol. The fourth-order valence-electron chi connectivity index (χ4n) is 1.57. The lowest BCUT2D eigenvalue weighted by Gasteiger charge is -2.25. The topological polar surface area (TPSA) is 58.6 Å². The number of ether oxygens (including phenoxy) is 1. The van der Waals surface area contributed by atoms with Crippen LogP contribution in [0.1, 0.15) is 31.9 Å². The first kappa shape index (κ1) is 14.7. The van der Waals surface area contributed by atoms with E-state index in [0.717, 1.165) is 5.56 Å². The number of hydrogen-bond acceptors (Lipinski definition) is 3. The number of carbonyl (C=O) groups is 1. The van der Waals surface area contributed by atoms with E-state index < -0.39 is 11.7 Å². The summed E-state index contributed by atoms with van der Waals surface area (Å²) in [6, 6.07) is 9.24. The summed E-state index contributed by atoms with van der Waals surface area (Å²) in [5, 5.41) is 12.6. The summed E-state index contributed by atoms with van der Waals surface area (Å²) < 4.78 is 5.19. The molecule has 0 aliphatic rings. The maximum Gasteiger partial charge on any atom is 0.252 e. The Morgan fingerprint density at radius 3 is 2.56 bits per heavy atom. The quantitative estimate of drug-likeness (QED) is 0.808. The fraction of sp³-hybridized carbons (Fsp3) is 0.500. The van der Waals surface area contributed by atoms with Gasteiger partial charge in [0.25, 0.3) is 5.91 Å². The maximum atomic E-state index is 11.9. The van der Waals surface area contributed by atoms with E-state index in [9.17, 15) is 9.90 Å². The summed E-state index contributed by atoms with van der Waals surface area (Å²) in [5.74, 6) is -0.206. The largest absolute Gasteiger partial charge is 0.387 e. The van der Waals surface area contributed by atoms with Crippen LogP contribution in [0.4, 0.5) is 0 Å². The summed E-state index contributed by atoms with van der Waals surface area (Å²) in [7, 11) is 1.51. The molecule has 1 aromatic rings. The Morgan fingerprint density at radius 1 is 1.44 bits per heavy atom. The number of methoxy groups -OCH3 is 1. The van der Waals surface area contributed by atoms with Crippen LogP contribution < -0.4 is 5.32 Å². The lowest BCUT2D eigenvalue weighted by atomic mass is 10.0. The molecule has 0 fully saturated rings. The third-order valence-electron chi connectivity index (χ3n) is 3.25. The number of amides is 1. The van der Waals surface area contributed by atoms with E-state index in [-0.39, 0.29) is 12.5 Å². The molecular formula is C14H21NO3. The number of benzene rings is 1. The molecule has 0 aromatic heterocycles. The third kappa shape index (κ3) is 3.55. The van der Waals surface area contributed by atoms with Gasteiger partial charge in [0.15, 0.2) is 0 Å². The Morgan fingerprint density at radius 2 is 2.06 bits per heavy atom. The van der Waals surface area contributed by atoms with Gasteiger partial charge in [0.2, 0.25) is 0 Å². The van der Waals surface area contributed by atoms with Crippen molar-refractivity contribution in [1.29, 1.82) is 0 Å². The Balaban J connectivity index is 2.53. The number of rotatable bonds is 6. The smallest absolute Gasteiger partial charge is 0.252 e. The van der Waals surface area contributed by atoms with Crippen molar-refractivity contribution in [2.75, 3.05) is 13.7 Å². The average molecular weight is 251 g/mol. The van der Waals surface area contributed by atoms with Crippen molar-refractivity contribution in [3.8, 4) is 0 Å². The second-order valence-electron chi connectivity index (χ2n) is 4.43. The van der Waals surface area contributed by atoms with Crippen LogP contribution in [0.25, 0.3) is 0 Å². The van der Waals surface area contributed by atoms with Crippen LogP contribution in [-0.2, 0) is 9.53 Å². The van der Waals surface area contributed by atoms with E-state index in [4.69, 9.17) is 4.74 Å². The summed E-state index contributed by atoms with van der Waals surface area (Å²) in [6.45, 7) is 3.80. The molecule has 0 spiro atoms. The van der Waals surface area contributed by atoms with Crippen LogP contribution >= 0.6 is 0 Å². The number of aliphatic hydroxyl groups is 1. The van der Waals surface area contributed by atoms with E-state index in [1.165, 1.54) is 7.11 Å². The molecule has 100 valence electrons. The van der Waals surface area contributed by atoms with E-state index in [1.54, 1.807) is 6.92 Å². The standard InChI is InChI=1S/C14H21NO3/c1-4-14(2,18-3)13(17)15-10-12(16)11-8-6-5-7-9-11/h5-9,12,16H,4,10H2,1-3H3,(H,15,17). The number of hydrogen-bond donors (Lipinski definition) is 2. The highest BCUT2D eigenvalue weighted by molar-refractivity contribution is 5.84. The summed E-state index contributed by atoms with van der Waals surface area (Å²) in [6.07, 6.45) is -0.121. The average Bonchev–Trinajstić information content (AvgIpc) is 2.44. The summed E-state index contributed by atoms with van der Waals surface area (Å²) in [5.41, 5.74) is -0.0513. The Kier molecular flexibility index (Phi) is 5.31. The van der Waals surface area contributed by atoms with Gasteiger partial charge in [-0.3, -0.25) is 4.79 Å². The third-order valence-corrected chi connectivity index (χ3v) is 3.25. The maximum absolute atomic E-state index is 11.9. The highest BCUT2D eigenvalue weighted by atomic mass is 16.5. The lowest BCUT2D eigenvalue weighted by molar-refractivity contribution is -0.142. The zero-order chi connectivity index (χ0) is 13.6. The lowest BCUT2D eigenvalue weighted by Crippen LogP contribution is -2.46. The van der Waals surface area contributed by atoms with Crippen molar-refractivity contribution in [3.63, 3.8) is 0 Å². The molecule has 18 heavy (non-hydrogen) atoms. The highest BCUT2D eigenvalue weighted by Crippen LogP contribution is 2.15. The molecule has 2 N–H and O–H groups in total. The van der Waals surface area contributed by atoms with Crippen LogP contribution in [0.15, 0.2) is 30.3 Å². The second kappa shape index (κ2) is 6.52. The van der Waals surface area contributed by atoms with Gasteiger partial charge >= 0.3 is 0 Å². The molecule has 0 saturated carbocycles. The molecule has 2 atom stereocenters. The first-order valence-corrected chi connectivity index (χ1v) is 6.10. The molecule has 0 saturated heterocycles. The van der Waals surface area contributed by atoms with Crippen LogP contribution in [0.3, 0.4) is 0 Å². The van der Waals surface area contributed by atoms with Crippen molar-refractivity contribution in [2.24, 2.45) is 0 Å². The van der Waals surface area contributed by atoms with Gasteiger partial charge in [-0.25, -0.2) is 0 Å². The molecule has 1 amide bonds. The predicted molar refractivity (Wildman–Crippen MR) is 70.1 cm³/mol. The number of aliphatic hydroxyl groups excluding tert-OH is 1. The van der Waals surface area contributed by atoms with Gasteiger partial charge in [0.1, 0.15) is 5.60 Å². The number of carbonyl (C=O) groups excluding carboxylic acids is 1. The van der Waals surface area contributed by atoms with Crippen molar-refractivity contribution in [2.45, 2.75) is 32.0 Å². The van der Waals surface area contributed by atoms with Crippen molar-refractivity contribution in [1.82, 2.24) is 5.32 Å². The molecule has 1 rings (SSSR count). The summed E-state index contributed by atoms with van der Waals surface area (Å²) in [4.78, 5) is 11.9. The minimum absolute atomic E-state index is 0.182. The van der Waals surface area contributed by atoms with Gasteiger partial charge in [0, 0.05) is 13.7 Å². The van der Waals surface area contributed by atoms with Crippen LogP contribution in [0.5, 0.6) is 0 Å². The molecule has 0 aliphatic carbocycles. The van der Waals surface area contributed by atoms with E-state index in [0.29, 0.717) is 6.42 Å². The van der Waals surface area contributed by atoms with Crippen LogP contribution in [0, 0.1) is 0 Å². The van der Waals surface area contributed by atoms with Crippen molar-refractivity contribution >= 4 is 5.91 Å². The Bertz CT molecular complexity index is 374. The zero-order valence-corrected chi connectivity index (χ0v) is 11.1. The van der Waals surface area contributed by atoms with Crippen LogP contribution in [0.2, 0.25) is 0 Å². The Labute approximate surface area is 108 Å². The molecule has 0 radical (unpaired) electrons. The van der Waals surface area contributed by atoms with Crippen molar-refractivity contribution < 1.29 is 14.6 Å². The van der Waals surface area contributed by atoms with Crippen LogP contribution in [-0.4, -0.2) is 30.3 Å². The fourth-order valence-corrected chi connectivity index (χ4v) is 1.57. The van der Waals surface area contributed by atoms with Gasteiger partial charge in [-0.2, -0.15) is 0 Å². The molecule has 4 nitrogen and oxygen atoms in total. The van der Waals surface area contributed by atoms with E-state index in [1.807, 2.05) is 37.3 Å². The molecule has 4 heteroatoms. The van der Waals surface area contributed by atoms with Gasteiger partial charge in [-0.15, -0.1) is 0 Å². The molecule has 0 bridgehead atoms. The normalized spacial score (nSPS) is 15.8. The highest BCUT2D eigenvalue weighted by Gasteiger charge is 2.30. The first-order valence-electron chi connectivity index (χ1n) is 6.10. The molecular weight excluding hydrogens is 230 g/mol. The van der Waals surface area contributed by atoms with Gasteiger partial charge in [-0.05, 0) is 18.9 Å². The van der Waals surface area contributed by atoms with E-state index >= 15 is 0 Å². The minimum Gasteiger partial charge on any atom is -0.387 e. The first-order chi connectivity index (χ1) is 8.53. The minimum atomic E-state index is -0.837. The zero-order valence-electron chi connectivity index (χ0n) is 11.1. The molecule has 0 aliphatic heterocycles. The molecule has 1 aromatic carbocycles. The van der Waals surface area contributed by atoms with Crippen molar-refractivity contribution in [3.05, 3.63) is 35.9 Å². The predicted octanol–water partition coefficient (Wildman–Crippen LogP) is 1.65. The Hall–Kier alpha value is -1.39. The number of nitrogens with one attached hydrogen (secondary N) is 1. The molecule has 2 unspecified atom stereocenters. The van der Waals surface area contributed by atoms with Gasteiger partial charge in [-0.1, -0.05) is 37.3 Å².